The molecule has 2 amide bonds. The number of non-ortho nitro benzene ring substituents is 1. The van der Waals surface area contributed by atoms with Crippen LogP contribution >= 0.6 is 23.4 Å². The number of fused-ring (bicyclic) bond motifs is 3. The van der Waals surface area contributed by atoms with Gasteiger partial charge in [-0.2, -0.15) is 0 Å². The monoisotopic (exact) mass is 657 g/mol. The molecule has 46 heavy (non-hydrogen) atoms. The van der Waals surface area contributed by atoms with Gasteiger partial charge < -0.3 is 14.4 Å². The lowest BCUT2D eigenvalue weighted by atomic mass is 10.1. The second-order valence-electron chi connectivity index (χ2n) is 11.4. The average Bonchev–Trinajstić information content (AvgIpc) is 3.36. The van der Waals surface area contributed by atoms with Crippen molar-refractivity contribution in [3.8, 4) is 0 Å². The van der Waals surface area contributed by atoms with Gasteiger partial charge in [0.15, 0.2) is 5.65 Å². The molecular weight excluding hydrogens is 626 g/mol. The SMILES string of the molecule is Cc1ccccc1Cn1c2ccccc2c2nnc(SCCCC(=O)N3CCN(C(=O)c4ccc([N+](=O)[O-])cc4Cl)[C@H](C)C3)nc21. The summed E-state index contributed by atoms with van der Waals surface area (Å²) in [5.41, 5.74) is 5.08. The minimum atomic E-state index is -0.554. The fraction of sp³-hybridized carbons (Fsp3) is 0.303. The minimum Gasteiger partial charge on any atom is -0.339 e. The molecule has 13 heteroatoms. The van der Waals surface area contributed by atoms with Crippen LogP contribution in [0.25, 0.3) is 22.1 Å². The van der Waals surface area contributed by atoms with E-state index in [0.29, 0.717) is 49.9 Å². The number of nitrogens with zero attached hydrogens (tertiary/aromatic N) is 7. The Morgan fingerprint density at radius 1 is 1.07 bits per heavy atom. The van der Waals surface area contributed by atoms with E-state index in [4.69, 9.17) is 16.6 Å². The van der Waals surface area contributed by atoms with Crippen LogP contribution in [0.1, 0.15) is 41.3 Å². The quantitative estimate of drug-likeness (QED) is 0.0800. The highest BCUT2D eigenvalue weighted by atomic mass is 35.5. The van der Waals surface area contributed by atoms with Gasteiger partial charge in [-0.15, -0.1) is 10.2 Å². The molecule has 3 heterocycles. The van der Waals surface area contributed by atoms with E-state index in [0.717, 1.165) is 22.1 Å². The first-order valence-electron chi connectivity index (χ1n) is 15.0. The van der Waals surface area contributed by atoms with Crippen LogP contribution in [0.3, 0.4) is 0 Å². The van der Waals surface area contributed by atoms with Crippen LogP contribution in [0.5, 0.6) is 0 Å². The number of aryl methyl sites for hydroxylation is 1. The molecule has 0 radical (unpaired) electrons. The molecule has 1 saturated heterocycles. The van der Waals surface area contributed by atoms with Gasteiger partial charge in [-0.1, -0.05) is 65.8 Å². The Morgan fingerprint density at radius 2 is 1.85 bits per heavy atom. The summed E-state index contributed by atoms with van der Waals surface area (Å²) in [4.78, 5) is 45.0. The summed E-state index contributed by atoms with van der Waals surface area (Å²) in [5, 5.41) is 21.6. The number of halogens is 1. The van der Waals surface area contributed by atoms with Gasteiger partial charge in [-0.05, 0) is 43.5 Å². The van der Waals surface area contributed by atoms with Gasteiger partial charge in [-0.25, -0.2) is 4.98 Å². The van der Waals surface area contributed by atoms with Crippen LogP contribution in [-0.4, -0.2) is 77.7 Å². The van der Waals surface area contributed by atoms with Gasteiger partial charge in [0.05, 0.1) is 21.0 Å². The molecular formula is C33H32ClN7O4S. The van der Waals surface area contributed by atoms with Crippen LogP contribution in [0.4, 0.5) is 5.69 Å². The predicted octanol–water partition coefficient (Wildman–Crippen LogP) is 6.14. The van der Waals surface area contributed by atoms with Gasteiger partial charge >= 0.3 is 0 Å². The summed E-state index contributed by atoms with van der Waals surface area (Å²) in [7, 11) is 0. The fourth-order valence-electron chi connectivity index (χ4n) is 5.84. The average molecular weight is 658 g/mol. The third-order valence-electron chi connectivity index (χ3n) is 8.35. The van der Waals surface area contributed by atoms with Gasteiger partial charge in [0.2, 0.25) is 11.1 Å². The predicted molar refractivity (Wildman–Crippen MR) is 178 cm³/mol. The smallest absolute Gasteiger partial charge is 0.270 e. The van der Waals surface area contributed by atoms with Crippen molar-refractivity contribution in [1.82, 2.24) is 29.5 Å². The minimum absolute atomic E-state index is 0.0285. The largest absolute Gasteiger partial charge is 0.339 e. The number of thioether (sulfide) groups is 1. The van der Waals surface area contributed by atoms with Crippen molar-refractivity contribution in [2.45, 2.75) is 44.4 Å². The third kappa shape index (κ3) is 6.40. The van der Waals surface area contributed by atoms with Crippen LogP contribution < -0.4 is 0 Å². The topological polar surface area (TPSA) is 127 Å². The van der Waals surface area contributed by atoms with Crippen molar-refractivity contribution in [3.05, 3.63) is 98.6 Å². The zero-order valence-electron chi connectivity index (χ0n) is 25.4. The lowest BCUT2D eigenvalue weighted by Gasteiger charge is -2.40. The number of aromatic nitrogens is 4. The lowest BCUT2D eigenvalue weighted by molar-refractivity contribution is -0.384. The maximum Gasteiger partial charge on any atom is 0.270 e. The Balaban J connectivity index is 1.05. The second kappa shape index (κ2) is 13.4. The van der Waals surface area contributed by atoms with E-state index in [1.54, 1.807) is 9.80 Å². The molecule has 5 aromatic rings. The number of benzene rings is 3. The molecule has 1 aliphatic heterocycles. The Bertz CT molecular complexity index is 1970. The van der Waals surface area contributed by atoms with Gasteiger partial charge in [-0.3, -0.25) is 19.7 Å². The van der Waals surface area contributed by atoms with Crippen molar-refractivity contribution in [2.75, 3.05) is 25.4 Å². The first-order valence-corrected chi connectivity index (χ1v) is 16.4. The fourth-order valence-corrected chi connectivity index (χ4v) is 6.82. The molecule has 0 saturated carbocycles. The first kappa shape index (κ1) is 31.4. The van der Waals surface area contributed by atoms with Gasteiger partial charge in [0, 0.05) is 61.9 Å². The molecule has 1 fully saturated rings. The number of hydrogen-bond acceptors (Lipinski definition) is 8. The molecule has 236 valence electrons. The number of nitro benzene ring substituents is 1. The standard InChI is InChI=1S/C33H32ClN7O4S/c1-21-8-3-4-9-23(21)20-40-28-11-6-5-10-26(28)30-31(40)35-33(37-36-30)46-17-7-12-29(42)38-15-16-39(22(2)19-38)32(43)25-14-13-24(41(44)45)18-27(25)34/h3-6,8-11,13-14,18,22H,7,12,15-17,19-20H2,1-2H3/t22-/m1/s1. The Hall–Kier alpha value is -4.55. The third-order valence-corrected chi connectivity index (χ3v) is 9.58. The molecule has 0 aliphatic carbocycles. The lowest BCUT2D eigenvalue weighted by Crippen LogP contribution is -2.55. The summed E-state index contributed by atoms with van der Waals surface area (Å²) >= 11 is 7.67. The van der Waals surface area contributed by atoms with Crippen molar-refractivity contribution >= 4 is 62.9 Å². The second-order valence-corrected chi connectivity index (χ2v) is 12.8. The molecule has 1 aliphatic rings. The number of rotatable bonds is 9. The maximum atomic E-state index is 13.1. The molecule has 2 aromatic heterocycles. The summed E-state index contributed by atoms with van der Waals surface area (Å²) in [5.74, 6) is 0.379. The highest BCUT2D eigenvalue weighted by Gasteiger charge is 2.31. The molecule has 3 aromatic carbocycles. The van der Waals surface area contributed by atoms with Crippen LogP contribution in [0.15, 0.2) is 71.9 Å². The molecule has 0 bridgehead atoms. The van der Waals surface area contributed by atoms with Crippen LogP contribution in [0, 0.1) is 17.0 Å². The van der Waals surface area contributed by atoms with E-state index >= 15 is 0 Å². The molecule has 0 unspecified atom stereocenters. The molecule has 1 atom stereocenters. The van der Waals surface area contributed by atoms with Crippen molar-refractivity contribution in [2.24, 2.45) is 0 Å². The van der Waals surface area contributed by atoms with E-state index in [-0.39, 0.29) is 34.1 Å². The summed E-state index contributed by atoms with van der Waals surface area (Å²) in [6.45, 7) is 5.82. The Labute approximate surface area is 274 Å². The Kier molecular flexibility index (Phi) is 9.18. The first-order chi connectivity index (χ1) is 22.2. The molecule has 0 N–H and O–H groups in total. The zero-order chi connectivity index (χ0) is 32.4. The number of nitro groups is 1. The van der Waals surface area contributed by atoms with Gasteiger partial charge in [0.25, 0.3) is 11.6 Å². The highest BCUT2D eigenvalue weighted by molar-refractivity contribution is 7.99. The van der Waals surface area contributed by atoms with Crippen molar-refractivity contribution in [3.63, 3.8) is 0 Å². The summed E-state index contributed by atoms with van der Waals surface area (Å²) in [6.07, 6.45) is 1.01. The number of para-hydroxylation sites is 1. The molecule has 11 nitrogen and oxygen atoms in total. The molecule has 0 spiro atoms. The van der Waals surface area contributed by atoms with E-state index in [1.165, 1.54) is 41.1 Å². The van der Waals surface area contributed by atoms with E-state index in [1.807, 2.05) is 37.3 Å². The van der Waals surface area contributed by atoms with Crippen molar-refractivity contribution in [1.29, 1.82) is 0 Å². The van der Waals surface area contributed by atoms with E-state index in [9.17, 15) is 19.7 Å². The van der Waals surface area contributed by atoms with Crippen molar-refractivity contribution < 1.29 is 14.5 Å². The van der Waals surface area contributed by atoms with E-state index in [2.05, 4.69) is 39.9 Å². The Morgan fingerprint density at radius 3 is 2.61 bits per heavy atom. The van der Waals surface area contributed by atoms with E-state index < -0.39 is 4.92 Å². The number of carbonyl (C=O) groups is 2. The number of hydrogen-bond donors (Lipinski definition) is 0. The maximum absolute atomic E-state index is 13.1. The summed E-state index contributed by atoms with van der Waals surface area (Å²) in [6, 6.07) is 20.1. The normalized spacial score (nSPS) is 15.1. The summed E-state index contributed by atoms with van der Waals surface area (Å²) < 4.78 is 2.19. The number of carbonyl (C=O) groups excluding carboxylic acids is 2. The van der Waals surface area contributed by atoms with Crippen LogP contribution in [-0.2, 0) is 11.3 Å². The number of amides is 2. The van der Waals surface area contributed by atoms with Crippen LogP contribution in [0.2, 0.25) is 5.02 Å². The number of piperazine rings is 1. The molecule has 6 rings (SSSR count). The van der Waals surface area contributed by atoms with Gasteiger partial charge in [0.1, 0.15) is 5.52 Å². The highest BCUT2D eigenvalue weighted by Crippen LogP contribution is 2.29. The zero-order valence-corrected chi connectivity index (χ0v) is 27.0.